The minimum absolute atomic E-state index is 0.0920. The summed E-state index contributed by atoms with van der Waals surface area (Å²) in [4.78, 5) is 17.5. The van der Waals surface area contributed by atoms with Crippen LogP contribution in [0.4, 0.5) is 4.79 Å². The predicted octanol–water partition coefficient (Wildman–Crippen LogP) is 6.16. The normalized spacial score (nSPS) is 18.8. The van der Waals surface area contributed by atoms with Crippen LogP contribution in [0.25, 0.3) is 6.08 Å². The molecular formula is C27H23N3O3S. The van der Waals surface area contributed by atoms with Crippen molar-refractivity contribution in [2.75, 3.05) is 14.2 Å². The Kier molecular flexibility index (Phi) is 6.18. The standard InChI is InChI=1S/C27H23N3O3S/c1-32-21-12-8-18(9-13-21)16-25-26(28-27(31)34-25)30-24(20-10-14-22(33-2)15-11-20)17-23(29-30)19-6-4-3-5-7-19/h3-16,24H,17H2,1-2H3/b25-16-/t24-/m1/s1. The molecule has 6 nitrogen and oxygen atoms in total. The average Bonchev–Trinajstić information content (AvgIpc) is 3.48. The second kappa shape index (κ2) is 9.57. The van der Waals surface area contributed by atoms with Crippen molar-refractivity contribution in [3.8, 4) is 11.5 Å². The number of aliphatic imine (C=N–C) groups is 1. The van der Waals surface area contributed by atoms with Crippen molar-refractivity contribution < 1.29 is 14.3 Å². The second-order valence-electron chi connectivity index (χ2n) is 7.84. The third kappa shape index (κ3) is 4.47. The highest BCUT2D eigenvalue weighted by atomic mass is 32.2. The maximum atomic E-state index is 12.4. The lowest BCUT2D eigenvalue weighted by atomic mass is 9.98. The molecule has 2 heterocycles. The van der Waals surface area contributed by atoms with Crippen molar-refractivity contribution in [2.45, 2.75) is 12.5 Å². The van der Waals surface area contributed by atoms with Gasteiger partial charge in [-0.15, -0.1) is 0 Å². The first-order valence-corrected chi connectivity index (χ1v) is 11.7. The summed E-state index contributed by atoms with van der Waals surface area (Å²) in [5, 5.41) is 6.60. The molecule has 2 aliphatic heterocycles. The number of benzene rings is 3. The fourth-order valence-electron chi connectivity index (χ4n) is 4.01. The molecule has 3 aromatic rings. The SMILES string of the molecule is COc1ccc(/C=C2\SC(=O)N=C2N2N=C(c3ccccc3)C[C@@H]2c2ccc(OC)cc2)cc1. The van der Waals surface area contributed by atoms with Crippen LogP contribution < -0.4 is 9.47 Å². The molecule has 2 aliphatic rings. The number of hydrazone groups is 1. The molecule has 0 N–H and O–H groups in total. The van der Waals surface area contributed by atoms with Crippen LogP contribution in [-0.4, -0.2) is 36.0 Å². The maximum absolute atomic E-state index is 12.4. The summed E-state index contributed by atoms with van der Waals surface area (Å²) < 4.78 is 10.6. The molecule has 7 heteroatoms. The number of rotatable bonds is 5. The molecule has 34 heavy (non-hydrogen) atoms. The number of amides is 1. The first-order chi connectivity index (χ1) is 16.6. The molecule has 0 spiro atoms. The van der Waals surface area contributed by atoms with Gasteiger partial charge in [-0.25, -0.2) is 5.01 Å². The Morgan fingerprint density at radius 1 is 0.912 bits per heavy atom. The van der Waals surface area contributed by atoms with Crippen molar-refractivity contribution in [3.05, 3.63) is 100 Å². The third-order valence-electron chi connectivity index (χ3n) is 5.76. The van der Waals surface area contributed by atoms with Crippen molar-refractivity contribution in [2.24, 2.45) is 10.1 Å². The van der Waals surface area contributed by atoms with E-state index in [9.17, 15) is 4.79 Å². The molecule has 0 radical (unpaired) electrons. The average molecular weight is 470 g/mol. The van der Waals surface area contributed by atoms with E-state index in [1.807, 2.05) is 77.8 Å². The molecule has 0 unspecified atom stereocenters. The molecule has 0 aliphatic carbocycles. The Bertz CT molecular complexity index is 1280. The van der Waals surface area contributed by atoms with Crippen molar-refractivity contribution in [3.63, 3.8) is 0 Å². The summed E-state index contributed by atoms with van der Waals surface area (Å²) in [6.07, 6.45) is 2.67. The molecule has 5 rings (SSSR count). The molecule has 1 amide bonds. The van der Waals surface area contributed by atoms with E-state index in [1.54, 1.807) is 14.2 Å². The topological polar surface area (TPSA) is 63.5 Å². The molecule has 0 bridgehead atoms. The first-order valence-electron chi connectivity index (χ1n) is 10.9. The lowest BCUT2D eigenvalue weighted by Crippen LogP contribution is -2.26. The number of methoxy groups -OCH3 is 2. The largest absolute Gasteiger partial charge is 0.497 e. The zero-order chi connectivity index (χ0) is 23.5. The van der Waals surface area contributed by atoms with Gasteiger partial charge in [0.05, 0.1) is 30.9 Å². The molecule has 0 fully saturated rings. The lowest BCUT2D eigenvalue weighted by Gasteiger charge is -2.24. The number of carbonyl (C=O) groups is 1. The van der Waals surface area contributed by atoms with Gasteiger partial charge >= 0.3 is 5.24 Å². The molecule has 1 atom stereocenters. The first kappa shape index (κ1) is 22.0. The monoisotopic (exact) mass is 469 g/mol. The summed E-state index contributed by atoms with van der Waals surface area (Å²) >= 11 is 1.12. The van der Waals surface area contributed by atoms with Gasteiger partial charge in [-0.2, -0.15) is 10.1 Å². The number of amidine groups is 1. The maximum Gasteiger partial charge on any atom is 0.311 e. The van der Waals surface area contributed by atoms with Gasteiger partial charge in [0.25, 0.3) is 0 Å². The number of hydrogen-bond acceptors (Lipinski definition) is 6. The summed E-state index contributed by atoms with van der Waals surface area (Å²) in [5.74, 6) is 2.14. The van der Waals surface area contributed by atoms with E-state index in [4.69, 9.17) is 14.6 Å². The van der Waals surface area contributed by atoms with Gasteiger partial charge in [0, 0.05) is 6.42 Å². The van der Waals surface area contributed by atoms with Crippen LogP contribution in [0.1, 0.15) is 29.2 Å². The Morgan fingerprint density at radius 3 is 2.21 bits per heavy atom. The van der Waals surface area contributed by atoms with Gasteiger partial charge in [-0.05, 0) is 58.8 Å². The molecular weight excluding hydrogens is 446 g/mol. The molecule has 0 saturated heterocycles. The summed E-state index contributed by atoms with van der Waals surface area (Å²) in [6.45, 7) is 0. The summed E-state index contributed by atoms with van der Waals surface area (Å²) in [7, 11) is 3.29. The minimum atomic E-state index is -0.244. The van der Waals surface area contributed by atoms with Crippen molar-refractivity contribution in [1.29, 1.82) is 0 Å². The number of hydrogen-bond donors (Lipinski definition) is 0. The lowest BCUT2D eigenvalue weighted by molar-refractivity contribution is 0.267. The Morgan fingerprint density at radius 2 is 1.56 bits per heavy atom. The van der Waals surface area contributed by atoms with Crippen LogP contribution in [0.3, 0.4) is 0 Å². The number of nitrogens with zero attached hydrogens (tertiary/aromatic N) is 3. The van der Waals surface area contributed by atoms with E-state index < -0.39 is 0 Å². The smallest absolute Gasteiger partial charge is 0.311 e. The van der Waals surface area contributed by atoms with Crippen molar-refractivity contribution in [1.82, 2.24) is 5.01 Å². The van der Waals surface area contributed by atoms with Gasteiger partial charge in [-0.1, -0.05) is 54.6 Å². The van der Waals surface area contributed by atoms with E-state index in [-0.39, 0.29) is 11.3 Å². The molecule has 3 aromatic carbocycles. The molecule has 170 valence electrons. The summed E-state index contributed by atoms with van der Waals surface area (Å²) in [5.41, 5.74) is 4.04. The van der Waals surface area contributed by atoms with Gasteiger partial charge in [-0.3, -0.25) is 4.79 Å². The number of carbonyl (C=O) groups excluding carboxylic acids is 1. The Labute approximate surface area is 202 Å². The van der Waals surface area contributed by atoms with Crippen LogP contribution >= 0.6 is 11.8 Å². The van der Waals surface area contributed by atoms with Crippen LogP contribution in [0.2, 0.25) is 0 Å². The van der Waals surface area contributed by atoms with E-state index >= 15 is 0 Å². The van der Waals surface area contributed by atoms with Crippen LogP contribution in [-0.2, 0) is 0 Å². The van der Waals surface area contributed by atoms with Gasteiger partial charge in [0.2, 0.25) is 0 Å². The quantitative estimate of drug-likeness (QED) is 0.448. The fraction of sp³-hybridized carbons (Fsp3) is 0.148. The zero-order valence-electron chi connectivity index (χ0n) is 18.8. The summed E-state index contributed by atoms with van der Waals surface area (Å²) in [6, 6.07) is 25.7. The highest BCUT2D eigenvalue weighted by Crippen LogP contribution is 2.40. The predicted molar refractivity (Wildman–Crippen MR) is 137 cm³/mol. The van der Waals surface area contributed by atoms with E-state index in [1.165, 1.54) is 0 Å². The van der Waals surface area contributed by atoms with Gasteiger partial charge in [0.1, 0.15) is 11.5 Å². The molecule has 0 saturated carbocycles. The number of thioether (sulfide) groups is 1. The fourth-order valence-corrected chi connectivity index (χ4v) is 4.76. The van der Waals surface area contributed by atoms with E-state index in [2.05, 4.69) is 17.1 Å². The number of ether oxygens (including phenoxy) is 2. The van der Waals surface area contributed by atoms with Crippen molar-refractivity contribution >= 4 is 34.6 Å². The minimum Gasteiger partial charge on any atom is -0.497 e. The third-order valence-corrected chi connectivity index (χ3v) is 6.55. The van der Waals surface area contributed by atoms with Crippen LogP contribution in [0, 0.1) is 0 Å². The highest BCUT2D eigenvalue weighted by Gasteiger charge is 2.36. The van der Waals surface area contributed by atoms with Crippen LogP contribution in [0.15, 0.2) is 93.9 Å². The second-order valence-corrected chi connectivity index (χ2v) is 8.83. The van der Waals surface area contributed by atoms with Gasteiger partial charge in [0.15, 0.2) is 5.84 Å². The van der Waals surface area contributed by atoms with Gasteiger partial charge < -0.3 is 9.47 Å². The zero-order valence-corrected chi connectivity index (χ0v) is 19.7. The van der Waals surface area contributed by atoms with Crippen LogP contribution in [0.5, 0.6) is 11.5 Å². The highest BCUT2D eigenvalue weighted by molar-refractivity contribution is 8.18. The molecule has 0 aromatic heterocycles. The van der Waals surface area contributed by atoms with E-state index in [0.717, 1.165) is 50.6 Å². The van der Waals surface area contributed by atoms with E-state index in [0.29, 0.717) is 12.3 Å². The Hall–Kier alpha value is -3.84. The Balaban J connectivity index is 1.54.